The second-order valence-corrected chi connectivity index (χ2v) is 5.04. The van der Waals surface area contributed by atoms with Gasteiger partial charge in [0.1, 0.15) is 6.04 Å². The van der Waals surface area contributed by atoms with Crippen LogP contribution in [0.4, 0.5) is 0 Å². The largest absolute Gasteiger partial charge is 0.284 e. The summed E-state index contributed by atoms with van der Waals surface area (Å²) >= 11 is 6.79. The van der Waals surface area contributed by atoms with Crippen molar-refractivity contribution in [3.63, 3.8) is 0 Å². The van der Waals surface area contributed by atoms with Gasteiger partial charge in [0.2, 0.25) is 0 Å². The van der Waals surface area contributed by atoms with Gasteiger partial charge in [-0.05, 0) is 51.0 Å². The molecule has 1 heterocycles. The summed E-state index contributed by atoms with van der Waals surface area (Å²) in [5, 5.41) is 9.24. The van der Waals surface area contributed by atoms with Gasteiger partial charge in [-0.25, -0.2) is 0 Å². The van der Waals surface area contributed by atoms with E-state index in [1.165, 1.54) is 0 Å². The van der Waals surface area contributed by atoms with Gasteiger partial charge in [-0.2, -0.15) is 5.26 Å². The molecule has 3 nitrogen and oxygen atoms in total. The molecule has 0 bridgehead atoms. The van der Waals surface area contributed by atoms with E-state index in [4.69, 9.17) is 0 Å². The van der Waals surface area contributed by atoms with Gasteiger partial charge in [0, 0.05) is 15.1 Å². The van der Waals surface area contributed by atoms with E-state index in [-0.39, 0.29) is 6.04 Å². The zero-order chi connectivity index (χ0) is 12.1. The number of rotatable bonds is 4. The van der Waals surface area contributed by atoms with Crippen LogP contribution in [0, 0.1) is 11.3 Å². The maximum atomic E-state index is 9.24. The van der Waals surface area contributed by atoms with Crippen molar-refractivity contribution in [1.82, 2.24) is 9.88 Å². The molecule has 1 aromatic heterocycles. The van der Waals surface area contributed by atoms with Crippen molar-refractivity contribution in [1.29, 1.82) is 5.26 Å². The molecule has 1 aromatic rings. The molecule has 0 radical (unpaired) electrons. The Kier molecular flexibility index (Phi) is 5.39. The van der Waals surface area contributed by atoms with Gasteiger partial charge in [-0.3, -0.25) is 9.88 Å². The highest BCUT2D eigenvalue weighted by Crippen LogP contribution is 2.27. The molecule has 0 aromatic carbocycles. The number of aromatic nitrogens is 1. The van der Waals surface area contributed by atoms with E-state index in [1.54, 1.807) is 6.20 Å². The summed E-state index contributed by atoms with van der Waals surface area (Å²) in [6.45, 7) is 5.75. The van der Waals surface area contributed by atoms with Crippen LogP contribution < -0.4 is 0 Å². The Bertz CT molecular complexity index is 397. The molecule has 86 valence electrons. The molecule has 16 heavy (non-hydrogen) atoms. The summed E-state index contributed by atoms with van der Waals surface area (Å²) in [6, 6.07) is 3.92. The fourth-order valence-corrected chi connectivity index (χ4v) is 2.74. The molecule has 0 spiro atoms. The highest BCUT2D eigenvalue weighted by atomic mass is 79.9. The van der Waals surface area contributed by atoms with E-state index in [0.717, 1.165) is 27.7 Å². The number of hydrogen-bond donors (Lipinski definition) is 0. The Balaban J connectivity index is 3.09. The third-order valence-electron chi connectivity index (χ3n) is 2.40. The predicted molar refractivity (Wildman–Crippen MR) is 70.9 cm³/mol. The van der Waals surface area contributed by atoms with Crippen molar-refractivity contribution in [2.45, 2.75) is 19.9 Å². The van der Waals surface area contributed by atoms with E-state index in [1.807, 2.05) is 19.9 Å². The van der Waals surface area contributed by atoms with E-state index in [2.05, 4.69) is 47.8 Å². The minimum Gasteiger partial charge on any atom is -0.284 e. The second kappa shape index (κ2) is 6.33. The number of halogens is 2. The predicted octanol–water partition coefficient (Wildman–Crippen LogP) is 3.51. The van der Waals surface area contributed by atoms with Crippen molar-refractivity contribution >= 4 is 31.9 Å². The van der Waals surface area contributed by atoms with Gasteiger partial charge in [-0.15, -0.1) is 0 Å². The third-order valence-corrected chi connectivity index (χ3v) is 3.46. The van der Waals surface area contributed by atoms with Crippen molar-refractivity contribution in [2.75, 3.05) is 13.1 Å². The van der Waals surface area contributed by atoms with Crippen LogP contribution in [-0.4, -0.2) is 23.0 Å². The van der Waals surface area contributed by atoms with Gasteiger partial charge in [0.15, 0.2) is 0 Å². The van der Waals surface area contributed by atoms with Crippen LogP contribution in [0.25, 0.3) is 0 Å². The average molecular weight is 347 g/mol. The van der Waals surface area contributed by atoms with Crippen molar-refractivity contribution in [3.05, 3.63) is 26.9 Å². The highest BCUT2D eigenvalue weighted by Gasteiger charge is 2.21. The Morgan fingerprint density at radius 2 is 2.06 bits per heavy atom. The number of nitriles is 1. The monoisotopic (exact) mass is 345 g/mol. The van der Waals surface area contributed by atoms with E-state index in [9.17, 15) is 5.26 Å². The van der Waals surface area contributed by atoms with Crippen LogP contribution in [0.15, 0.2) is 21.2 Å². The zero-order valence-electron chi connectivity index (χ0n) is 9.24. The van der Waals surface area contributed by atoms with Crippen LogP contribution in [0.1, 0.15) is 25.6 Å². The lowest BCUT2D eigenvalue weighted by atomic mass is 10.2. The molecule has 5 heteroatoms. The Morgan fingerprint density at radius 3 is 2.50 bits per heavy atom. The maximum absolute atomic E-state index is 9.24. The van der Waals surface area contributed by atoms with Crippen LogP contribution >= 0.6 is 31.9 Å². The van der Waals surface area contributed by atoms with Crippen LogP contribution in [0.5, 0.6) is 0 Å². The molecule has 1 unspecified atom stereocenters. The van der Waals surface area contributed by atoms with E-state index >= 15 is 0 Å². The lowest BCUT2D eigenvalue weighted by Crippen LogP contribution is -2.28. The minimum absolute atomic E-state index is 0.294. The summed E-state index contributed by atoms with van der Waals surface area (Å²) in [6.07, 6.45) is 1.72. The van der Waals surface area contributed by atoms with Gasteiger partial charge >= 0.3 is 0 Å². The molecule has 0 aliphatic heterocycles. The standard InChI is InChI=1S/C11H13Br2N3/c1-3-16(4-2)10(6-14)11-9(13)5-8(12)7-15-11/h5,7,10H,3-4H2,1-2H3. The molecule has 0 amide bonds. The topological polar surface area (TPSA) is 39.9 Å². The van der Waals surface area contributed by atoms with Crippen LogP contribution in [0.2, 0.25) is 0 Å². The van der Waals surface area contributed by atoms with Crippen molar-refractivity contribution in [2.24, 2.45) is 0 Å². The first-order valence-electron chi connectivity index (χ1n) is 5.08. The molecular weight excluding hydrogens is 334 g/mol. The first kappa shape index (κ1) is 13.6. The number of hydrogen-bond acceptors (Lipinski definition) is 3. The minimum atomic E-state index is -0.294. The van der Waals surface area contributed by atoms with E-state index < -0.39 is 0 Å². The molecule has 0 N–H and O–H groups in total. The van der Waals surface area contributed by atoms with Gasteiger partial charge in [0.05, 0.1) is 11.8 Å². The number of pyridine rings is 1. The fourth-order valence-electron chi connectivity index (χ4n) is 1.53. The van der Waals surface area contributed by atoms with Crippen LogP contribution in [-0.2, 0) is 0 Å². The van der Waals surface area contributed by atoms with Gasteiger partial charge in [0.25, 0.3) is 0 Å². The third kappa shape index (κ3) is 3.03. The second-order valence-electron chi connectivity index (χ2n) is 3.27. The SMILES string of the molecule is CCN(CC)C(C#N)c1ncc(Br)cc1Br. The molecular formula is C11H13Br2N3. The molecule has 0 fully saturated rings. The first-order valence-corrected chi connectivity index (χ1v) is 6.67. The Labute approximate surface area is 113 Å². The van der Waals surface area contributed by atoms with Crippen molar-refractivity contribution < 1.29 is 0 Å². The quantitative estimate of drug-likeness (QED) is 0.837. The average Bonchev–Trinajstić information content (AvgIpc) is 2.27. The van der Waals surface area contributed by atoms with E-state index in [0.29, 0.717) is 0 Å². The fraction of sp³-hybridized carbons (Fsp3) is 0.455. The molecule has 0 aliphatic carbocycles. The summed E-state index contributed by atoms with van der Waals surface area (Å²) in [5.74, 6) is 0. The highest BCUT2D eigenvalue weighted by molar-refractivity contribution is 9.11. The molecule has 0 saturated heterocycles. The molecule has 1 rings (SSSR count). The normalized spacial score (nSPS) is 12.5. The summed E-state index contributed by atoms with van der Waals surface area (Å²) in [4.78, 5) is 6.38. The van der Waals surface area contributed by atoms with Crippen molar-refractivity contribution in [3.8, 4) is 6.07 Å². The maximum Gasteiger partial charge on any atom is 0.142 e. The molecule has 0 saturated carbocycles. The summed E-state index contributed by atoms with van der Waals surface area (Å²) in [5.41, 5.74) is 0.773. The Hall–Kier alpha value is -0.440. The first-order chi connectivity index (χ1) is 7.63. The van der Waals surface area contributed by atoms with Gasteiger partial charge < -0.3 is 0 Å². The molecule has 1 atom stereocenters. The smallest absolute Gasteiger partial charge is 0.142 e. The number of nitrogens with zero attached hydrogens (tertiary/aromatic N) is 3. The summed E-state index contributed by atoms with van der Waals surface area (Å²) in [7, 11) is 0. The van der Waals surface area contributed by atoms with Gasteiger partial charge in [-0.1, -0.05) is 13.8 Å². The van der Waals surface area contributed by atoms with Crippen LogP contribution in [0.3, 0.4) is 0 Å². The lowest BCUT2D eigenvalue weighted by Gasteiger charge is -2.24. The summed E-state index contributed by atoms with van der Waals surface area (Å²) < 4.78 is 1.76. The lowest BCUT2D eigenvalue weighted by molar-refractivity contribution is 0.258. The zero-order valence-corrected chi connectivity index (χ0v) is 12.4. The Morgan fingerprint density at radius 1 is 1.44 bits per heavy atom. The molecule has 0 aliphatic rings.